The molecule has 1 amide bonds. The van der Waals surface area contributed by atoms with Gasteiger partial charge in [-0.25, -0.2) is 4.79 Å². The summed E-state index contributed by atoms with van der Waals surface area (Å²) in [5.41, 5.74) is 1.15. The number of alkyl carbamates (subject to hydrolysis) is 1. The lowest BCUT2D eigenvalue weighted by molar-refractivity contribution is 0.103. The molecule has 1 aliphatic heterocycles. The van der Waals surface area contributed by atoms with Crippen LogP contribution in [0.15, 0.2) is 18.2 Å². The summed E-state index contributed by atoms with van der Waals surface area (Å²) in [4.78, 5) is 11.0. The van der Waals surface area contributed by atoms with Gasteiger partial charge in [0.25, 0.3) is 0 Å². The first-order chi connectivity index (χ1) is 10.2. The second-order valence-electron chi connectivity index (χ2n) is 5.36. The summed E-state index contributed by atoms with van der Waals surface area (Å²) in [7, 11) is 1.61. The molecule has 2 N–H and O–H groups in total. The van der Waals surface area contributed by atoms with E-state index in [1.807, 2.05) is 18.2 Å². The van der Waals surface area contributed by atoms with Gasteiger partial charge in [0.2, 0.25) is 0 Å². The Kier molecular flexibility index (Phi) is 4.15. The molecule has 0 aromatic heterocycles. The fourth-order valence-corrected chi connectivity index (χ4v) is 2.20. The summed E-state index contributed by atoms with van der Waals surface area (Å²) in [6.45, 7) is 1.61. The van der Waals surface area contributed by atoms with E-state index >= 15 is 0 Å². The molecule has 2 fully saturated rings. The fraction of sp³-hybridized carbons (Fsp3) is 0.533. The second kappa shape index (κ2) is 6.22. The molecule has 1 aliphatic carbocycles. The molecular weight excluding hydrogens is 272 g/mol. The van der Waals surface area contributed by atoms with Crippen molar-refractivity contribution in [3.05, 3.63) is 23.8 Å². The molecule has 1 saturated heterocycles. The maximum absolute atomic E-state index is 11.0. The zero-order valence-corrected chi connectivity index (χ0v) is 12.1. The predicted molar refractivity (Wildman–Crippen MR) is 76.6 cm³/mol. The van der Waals surface area contributed by atoms with E-state index in [0.29, 0.717) is 30.7 Å². The highest BCUT2D eigenvalue weighted by Crippen LogP contribution is 2.29. The van der Waals surface area contributed by atoms with Crippen molar-refractivity contribution in [3.8, 4) is 11.5 Å². The van der Waals surface area contributed by atoms with E-state index in [9.17, 15) is 4.79 Å². The summed E-state index contributed by atoms with van der Waals surface area (Å²) in [5.74, 6) is 1.36. The van der Waals surface area contributed by atoms with Gasteiger partial charge >= 0.3 is 6.09 Å². The standard InChI is InChI=1S/C15H20N2O4/c1-19-13-5-2-10(7-16-11-3-4-11)6-14(13)20-9-12-8-17-15(18)21-12/h2,5-6,11-12,16H,3-4,7-9H2,1H3,(H,17,18). The summed E-state index contributed by atoms with van der Waals surface area (Å²) in [6, 6.07) is 6.56. The van der Waals surface area contributed by atoms with Crippen molar-refractivity contribution >= 4 is 6.09 Å². The van der Waals surface area contributed by atoms with Gasteiger partial charge in [-0.1, -0.05) is 6.07 Å². The van der Waals surface area contributed by atoms with Crippen molar-refractivity contribution in [2.45, 2.75) is 31.5 Å². The highest BCUT2D eigenvalue weighted by Gasteiger charge is 2.23. The first-order valence-electron chi connectivity index (χ1n) is 7.22. The van der Waals surface area contributed by atoms with Crippen molar-refractivity contribution in [1.29, 1.82) is 0 Å². The van der Waals surface area contributed by atoms with Crippen molar-refractivity contribution in [2.24, 2.45) is 0 Å². The zero-order chi connectivity index (χ0) is 14.7. The number of rotatable bonds is 7. The van der Waals surface area contributed by atoms with Crippen LogP contribution in [0, 0.1) is 0 Å². The average molecular weight is 292 g/mol. The SMILES string of the molecule is COc1ccc(CNC2CC2)cc1OCC1CNC(=O)O1. The number of carbonyl (C=O) groups is 1. The summed E-state index contributed by atoms with van der Waals surface area (Å²) in [6.07, 6.45) is 1.88. The van der Waals surface area contributed by atoms with E-state index in [4.69, 9.17) is 14.2 Å². The number of ether oxygens (including phenoxy) is 3. The van der Waals surface area contributed by atoms with E-state index in [-0.39, 0.29) is 6.10 Å². The largest absolute Gasteiger partial charge is 0.493 e. The number of carbonyl (C=O) groups excluding carboxylic acids is 1. The van der Waals surface area contributed by atoms with Crippen LogP contribution in [0.25, 0.3) is 0 Å². The Labute approximate surface area is 123 Å². The molecule has 1 aromatic rings. The van der Waals surface area contributed by atoms with E-state index in [1.165, 1.54) is 12.8 Å². The average Bonchev–Trinajstić information content (AvgIpc) is 3.24. The highest BCUT2D eigenvalue weighted by molar-refractivity contribution is 5.69. The van der Waals surface area contributed by atoms with Crippen LogP contribution in [0.5, 0.6) is 11.5 Å². The molecule has 1 atom stereocenters. The molecule has 1 saturated carbocycles. The summed E-state index contributed by atoms with van der Waals surface area (Å²) in [5, 5.41) is 6.07. The Morgan fingerprint density at radius 1 is 1.38 bits per heavy atom. The van der Waals surface area contributed by atoms with Crippen molar-refractivity contribution in [1.82, 2.24) is 10.6 Å². The minimum atomic E-state index is -0.391. The van der Waals surface area contributed by atoms with Crippen molar-refractivity contribution in [2.75, 3.05) is 20.3 Å². The number of benzene rings is 1. The summed E-state index contributed by atoms with van der Waals surface area (Å²) < 4.78 is 16.1. The quantitative estimate of drug-likeness (QED) is 0.796. The molecule has 0 spiro atoms. The molecule has 21 heavy (non-hydrogen) atoms. The van der Waals surface area contributed by atoms with Gasteiger partial charge in [0.05, 0.1) is 13.7 Å². The third-order valence-corrected chi connectivity index (χ3v) is 3.57. The first-order valence-corrected chi connectivity index (χ1v) is 7.22. The van der Waals surface area contributed by atoms with Crippen LogP contribution < -0.4 is 20.1 Å². The third kappa shape index (κ3) is 3.78. The van der Waals surface area contributed by atoms with E-state index in [0.717, 1.165) is 12.1 Å². The van der Waals surface area contributed by atoms with Gasteiger partial charge in [-0.2, -0.15) is 0 Å². The molecule has 1 aromatic carbocycles. The second-order valence-corrected chi connectivity index (χ2v) is 5.36. The molecule has 1 heterocycles. The molecular formula is C15H20N2O4. The Morgan fingerprint density at radius 3 is 2.90 bits per heavy atom. The van der Waals surface area contributed by atoms with E-state index < -0.39 is 6.09 Å². The lowest BCUT2D eigenvalue weighted by atomic mass is 10.2. The van der Waals surface area contributed by atoms with Crippen LogP contribution in [0.1, 0.15) is 18.4 Å². The van der Waals surface area contributed by atoms with Gasteiger partial charge in [-0.15, -0.1) is 0 Å². The lowest BCUT2D eigenvalue weighted by Crippen LogP contribution is -2.22. The molecule has 2 aliphatic rings. The van der Waals surface area contributed by atoms with Crippen LogP contribution in [-0.4, -0.2) is 38.5 Å². The van der Waals surface area contributed by atoms with Crippen LogP contribution in [0.3, 0.4) is 0 Å². The van der Waals surface area contributed by atoms with Crippen molar-refractivity contribution in [3.63, 3.8) is 0 Å². The molecule has 1 unspecified atom stereocenters. The molecule has 0 radical (unpaired) electrons. The molecule has 3 rings (SSSR count). The minimum absolute atomic E-state index is 0.254. The minimum Gasteiger partial charge on any atom is -0.493 e. The number of hydrogen-bond acceptors (Lipinski definition) is 5. The Hall–Kier alpha value is -1.95. The number of nitrogens with one attached hydrogen (secondary N) is 2. The van der Waals surface area contributed by atoms with Gasteiger partial charge in [0.15, 0.2) is 17.6 Å². The van der Waals surface area contributed by atoms with Crippen LogP contribution in [0.2, 0.25) is 0 Å². The van der Waals surface area contributed by atoms with Gasteiger partial charge in [0, 0.05) is 12.6 Å². The number of hydrogen-bond donors (Lipinski definition) is 2. The number of amides is 1. The summed E-state index contributed by atoms with van der Waals surface area (Å²) >= 11 is 0. The lowest BCUT2D eigenvalue weighted by Gasteiger charge is -2.14. The first kappa shape index (κ1) is 14.0. The maximum atomic E-state index is 11.0. The Balaban J connectivity index is 1.60. The van der Waals surface area contributed by atoms with Gasteiger partial charge < -0.3 is 24.8 Å². The third-order valence-electron chi connectivity index (χ3n) is 3.57. The van der Waals surface area contributed by atoms with Gasteiger partial charge in [-0.05, 0) is 30.5 Å². The normalized spacial score (nSPS) is 20.8. The number of methoxy groups -OCH3 is 1. The molecule has 6 nitrogen and oxygen atoms in total. The Morgan fingerprint density at radius 2 is 2.24 bits per heavy atom. The topological polar surface area (TPSA) is 68.8 Å². The zero-order valence-electron chi connectivity index (χ0n) is 12.1. The van der Waals surface area contributed by atoms with Crippen LogP contribution >= 0.6 is 0 Å². The monoisotopic (exact) mass is 292 g/mol. The molecule has 6 heteroatoms. The van der Waals surface area contributed by atoms with Crippen LogP contribution in [-0.2, 0) is 11.3 Å². The van der Waals surface area contributed by atoms with Gasteiger partial charge in [0.1, 0.15) is 6.61 Å². The number of cyclic esters (lactones) is 1. The van der Waals surface area contributed by atoms with E-state index in [2.05, 4.69) is 10.6 Å². The predicted octanol–water partition coefficient (Wildman–Crippen LogP) is 1.43. The Bertz CT molecular complexity index is 516. The van der Waals surface area contributed by atoms with Gasteiger partial charge in [-0.3, -0.25) is 0 Å². The molecule has 114 valence electrons. The molecule has 0 bridgehead atoms. The van der Waals surface area contributed by atoms with Crippen molar-refractivity contribution < 1.29 is 19.0 Å². The van der Waals surface area contributed by atoms with E-state index in [1.54, 1.807) is 7.11 Å². The smallest absolute Gasteiger partial charge is 0.407 e. The van der Waals surface area contributed by atoms with Crippen LogP contribution in [0.4, 0.5) is 4.79 Å². The fourth-order valence-electron chi connectivity index (χ4n) is 2.20. The highest BCUT2D eigenvalue weighted by atomic mass is 16.6. The maximum Gasteiger partial charge on any atom is 0.407 e.